The van der Waals surface area contributed by atoms with Crippen LogP contribution in [-0.4, -0.2) is 60.2 Å². The first-order chi connectivity index (χ1) is 16.7. The van der Waals surface area contributed by atoms with Crippen LogP contribution in [0.3, 0.4) is 0 Å². The molecule has 0 spiro atoms. The number of halogens is 4. The van der Waals surface area contributed by atoms with Crippen LogP contribution in [0.2, 0.25) is 0 Å². The molecular weight excluding hydrogens is 573 g/mol. The van der Waals surface area contributed by atoms with E-state index in [2.05, 4.69) is 35.1 Å². The number of hydrogen-bond donors (Lipinski definition) is 0. The van der Waals surface area contributed by atoms with Crippen molar-refractivity contribution in [3.63, 3.8) is 0 Å². The van der Waals surface area contributed by atoms with Gasteiger partial charge in [-0.25, -0.2) is 9.59 Å². The Bertz CT molecular complexity index is 1050. The van der Waals surface area contributed by atoms with Crippen molar-refractivity contribution in [1.82, 2.24) is 0 Å². The van der Waals surface area contributed by atoms with Crippen LogP contribution in [0.15, 0.2) is 22.2 Å². The molecule has 2 atom stereocenters. The number of carbonyl (C=O) groups is 2. The molecular formula is C18H16BrF3N2O12. The summed E-state index contributed by atoms with van der Waals surface area (Å²) in [6, 6.07) is 2.94. The van der Waals surface area contributed by atoms with E-state index in [4.69, 9.17) is 9.47 Å². The minimum Gasteiger partial charge on any atom is -0.475 e. The lowest BCUT2D eigenvalue weighted by Crippen LogP contribution is -2.41. The normalized spacial score (nSPS) is 15.5. The Morgan fingerprint density at radius 2 is 1.69 bits per heavy atom. The summed E-state index contributed by atoms with van der Waals surface area (Å²) in [7, 11) is 0. The minimum absolute atomic E-state index is 0.0927. The zero-order valence-electron chi connectivity index (χ0n) is 18.2. The van der Waals surface area contributed by atoms with Crippen LogP contribution in [-0.2, 0) is 28.7 Å². The SMILES string of the molecule is Cc1cc(Br)cc2c1OC(C(F)(F)F)C(C(=O)OC(C)OC(=O)OC(CO[N+](=O)[O-])CO[N+](=O)[O-])=C2. The highest BCUT2D eigenvalue weighted by Gasteiger charge is 2.49. The van der Waals surface area contributed by atoms with Gasteiger partial charge in [0.15, 0.2) is 6.10 Å². The van der Waals surface area contributed by atoms with Crippen LogP contribution in [0.25, 0.3) is 6.08 Å². The predicted molar refractivity (Wildman–Crippen MR) is 110 cm³/mol. The molecule has 0 saturated heterocycles. The van der Waals surface area contributed by atoms with E-state index >= 15 is 0 Å². The molecule has 2 unspecified atom stereocenters. The van der Waals surface area contributed by atoms with Gasteiger partial charge in [0.2, 0.25) is 12.4 Å². The smallest absolute Gasteiger partial charge is 0.475 e. The lowest BCUT2D eigenvalue weighted by Gasteiger charge is -2.29. The molecule has 1 aliphatic rings. The van der Waals surface area contributed by atoms with Crippen LogP contribution in [0.4, 0.5) is 18.0 Å². The van der Waals surface area contributed by atoms with E-state index in [1.54, 1.807) is 0 Å². The largest absolute Gasteiger partial charge is 0.511 e. The maximum absolute atomic E-state index is 13.6. The van der Waals surface area contributed by atoms with Crippen molar-refractivity contribution < 1.29 is 61.6 Å². The van der Waals surface area contributed by atoms with Gasteiger partial charge in [-0.15, -0.1) is 20.2 Å². The second-order valence-corrected chi connectivity index (χ2v) is 7.82. The number of esters is 1. The molecule has 1 heterocycles. The predicted octanol–water partition coefficient (Wildman–Crippen LogP) is 3.29. The lowest BCUT2D eigenvalue weighted by molar-refractivity contribution is -0.768. The third-order valence-corrected chi connectivity index (χ3v) is 4.62. The highest BCUT2D eigenvalue weighted by molar-refractivity contribution is 9.10. The molecule has 0 bridgehead atoms. The first-order valence-electron chi connectivity index (χ1n) is 9.55. The van der Waals surface area contributed by atoms with Gasteiger partial charge >= 0.3 is 18.3 Å². The van der Waals surface area contributed by atoms with Crippen molar-refractivity contribution in [3.05, 3.63) is 53.5 Å². The number of ether oxygens (including phenoxy) is 4. The van der Waals surface area contributed by atoms with E-state index in [1.165, 1.54) is 19.1 Å². The summed E-state index contributed by atoms with van der Waals surface area (Å²) < 4.78 is 60.2. The van der Waals surface area contributed by atoms with Crippen molar-refractivity contribution in [2.24, 2.45) is 0 Å². The standard InChI is InChI=1S/C18H16BrF3N2O12/c1-8-3-11(19)4-10-5-13(15(18(20,21)22)36-14(8)10)16(25)33-9(2)34-17(26)35-12(6-31-23(27)28)7-32-24(29)30/h3-5,9,12,15H,6-7H2,1-2H3. The quantitative estimate of drug-likeness (QED) is 0.169. The molecule has 0 saturated carbocycles. The fraction of sp³-hybridized carbons (Fsp3) is 0.444. The Morgan fingerprint density at radius 1 is 1.11 bits per heavy atom. The van der Waals surface area contributed by atoms with E-state index in [1.807, 2.05) is 0 Å². The van der Waals surface area contributed by atoms with Gasteiger partial charge in [0.25, 0.3) is 10.2 Å². The summed E-state index contributed by atoms with van der Waals surface area (Å²) in [5, 5.41) is 18.0. The Morgan fingerprint density at radius 3 is 2.22 bits per heavy atom. The zero-order valence-corrected chi connectivity index (χ0v) is 19.8. The topological polar surface area (TPSA) is 176 Å². The van der Waals surface area contributed by atoms with Gasteiger partial charge in [0, 0.05) is 17.0 Å². The fourth-order valence-electron chi connectivity index (χ4n) is 2.80. The minimum atomic E-state index is -5.01. The Labute approximate surface area is 207 Å². The number of carbonyl (C=O) groups excluding carboxylic acids is 2. The van der Waals surface area contributed by atoms with E-state index in [9.17, 15) is 43.0 Å². The van der Waals surface area contributed by atoms with Gasteiger partial charge in [-0.05, 0) is 30.7 Å². The van der Waals surface area contributed by atoms with Crippen molar-refractivity contribution in [2.45, 2.75) is 38.5 Å². The molecule has 0 aromatic heterocycles. The molecule has 0 amide bonds. The van der Waals surface area contributed by atoms with Crippen LogP contribution in [0.1, 0.15) is 18.1 Å². The summed E-state index contributed by atoms with van der Waals surface area (Å²) >= 11 is 3.19. The van der Waals surface area contributed by atoms with Crippen molar-refractivity contribution in [1.29, 1.82) is 0 Å². The van der Waals surface area contributed by atoms with Crippen molar-refractivity contribution >= 4 is 34.1 Å². The van der Waals surface area contributed by atoms with E-state index < -0.39 is 65.8 Å². The second-order valence-electron chi connectivity index (χ2n) is 6.90. The monoisotopic (exact) mass is 588 g/mol. The molecule has 18 heteroatoms. The van der Waals surface area contributed by atoms with E-state index in [-0.39, 0.29) is 11.3 Å². The van der Waals surface area contributed by atoms with Crippen LogP contribution in [0.5, 0.6) is 5.75 Å². The second kappa shape index (κ2) is 11.7. The number of hydrogen-bond acceptors (Lipinski definition) is 12. The highest BCUT2D eigenvalue weighted by Crippen LogP contribution is 2.40. The average molecular weight is 589 g/mol. The Hall–Kier alpha value is -3.83. The number of aryl methyl sites for hydroxylation is 1. The van der Waals surface area contributed by atoms with E-state index in [0.29, 0.717) is 10.0 Å². The van der Waals surface area contributed by atoms with Gasteiger partial charge in [-0.1, -0.05) is 15.9 Å². The molecule has 198 valence electrons. The molecule has 0 radical (unpaired) electrons. The first kappa shape index (κ1) is 28.4. The molecule has 1 aromatic carbocycles. The summed E-state index contributed by atoms with van der Waals surface area (Å²) in [5.41, 5.74) is -0.414. The Kier molecular flexibility index (Phi) is 9.26. The van der Waals surface area contributed by atoms with Gasteiger partial charge in [-0.2, -0.15) is 13.2 Å². The third kappa shape index (κ3) is 8.14. The fourth-order valence-corrected chi connectivity index (χ4v) is 3.39. The number of alkyl halides is 3. The lowest BCUT2D eigenvalue weighted by atomic mass is 9.99. The summed E-state index contributed by atoms with van der Waals surface area (Å²) in [6.07, 6.45) is -11.9. The average Bonchev–Trinajstić information content (AvgIpc) is 2.73. The van der Waals surface area contributed by atoms with E-state index in [0.717, 1.165) is 13.0 Å². The highest BCUT2D eigenvalue weighted by atomic mass is 79.9. The molecule has 36 heavy (non-hydrogen) atoms. The molecule has 1 aromatic rings. The summed E-state index contributed by atoms with van der Waals surface area (Å²) in [5.74, 6) is -1.63. The number of rotatable bonds is 10. The van der Waals surface area contributed by atoms with Gasteiger partial charge < -0.3 is 28.6 Å². The van der Waals surface area contributed by atoms with Gasteiger partial charge in [-0.3, -0.25) is 0 Å². The molecule has 14 nitrogen and oxygen atoms in total. The number of fused-ring (bicyclic) bond motifs is 1. The Balaban J connectivity index is 2.11. The first-order valence-corrected chi connectivity index (χ1v) is 10.3. The van der Waals surface area contributed by atoms with Gasteiger partial charge in [0.1, 0.15) is 19.0 Å². The zero-order chi connectivity index (χ0) is 27.2. The molecule has 2 rings (SSSR count). The molecule has 0 aliphatic carbocycles. The van der Waals surface area contributed by atoms with Crippen LogP contribution < -0.4 is 4.74 Å². The van der Waals surface area contributed by atoms with Crippen LogP contribution in [0, 0.1) is 27.2 Å². The molecule has 0 N–H and O–H groups in total. The number of benzene rings is 1. The van der Waals surface area contributed by atoms with Crippen molar-refractivity contribution in [3.8, 4) is 5.75 Å². The number of nitrogens with zero attached hydrogens (tertiary/aromatic N) is 2. The summed E-state index contributed by atoms with van der Waals surface area (Å²) in [6.45, 7) is 0.513. The summed E-state index contributed by atoms with van der Waals surface area (Å²) in [4.78, 5) is 52.8. The molecule has 1 aliphatic heterocycles. The molecule has 0 fully saturated rings. The maximum Gasteiger partial charge on any atom is 0.511 e. The third-order valence-electron chi connectivity index (χ3n) is 4.16. The van der Waals surface area contributed by atoms with Gasteiger partial charge in [0.05, 0.1) is 5.57 Å². The maximum atomic E-state index is 13.6. The van der Waals surface area contributed by atoms with Crippen LogP contribution >= 0.6 is 15.9 Å². The van der Waals surface area contributed by atoms with Crippen molar-refractivity contribution in [2.75, 3.05) is 13.2 Å².